The number of carbonyl (C=O) groups is 1. The highest BCUT2D eigenvalue weighted by atomic mass is 16.5. The maximum absolute atomic E-state index is 12.2. The van der Waals surface area contributed by atoms with E-state index < -0.39 is 0 Å². The van der Waals surface area contributed by atoms with Gasteiger partial charge in [-0.2, -0.15) is 0 Å². The molecule has 0 saturated heterocycles. The summed E-state index contributed by atoms with van der Waals surface area (Å²) in [6.07, 6.45) is 0.320. The lowest BCUT2D eigenvalue weighted by Gasteiger charge is -2.15. The first kappa shape index (κ1) is 15.1. The van der Waals surface area contributed by atoms with Crippen molar-refractivity contribution in [2.24, 2.45) is 0 Å². The summed E-state index contributed by atoms with van der Waals surface area (Å²) in [7, 11) is 1.62. The maximum Gasteiger partial charge on any atom is 0.225 e. The lowest BCUT2D eigenvalue weighted by molar-refractivity contribution is -0.121. The first-order valence-corrected chi connectivity index (χ1v) is 7.08. The molecule has 0 aliphatic rings. The smallest absolute Gasteiger partial charge is 0.225 e. The fourth-order valence-electron chi connectivity index (χ4n) is 2.25. The molecule has 110 valence electrons. The monoisotopic (exact) mass is 283 g/mol. The van der Waals surface area contributed by atoms with Crippen LogP contribution in [0.25, 0.3) is 0 Å². The topological polar surface area (TPSA) is 38.3 Å². The zero-order valence-electron chi connectivity index (χ0n) is 12.7. The highest BCUT2D eigenvalue weighted by Crippen LogP contribution is 2.18. The Morgan fingerprint density at radius 2 is 1.81 bits per heavy atom. The van der Waals surface area contributed by atoms with E-state index in [0.29, 0.717) is 6.42 Å². The highest BCUT2D eigenvalue weighted by molar-refractivity contribution is 5.79. The van der Waals surface area contributed by atoms with E-state index in [-0.39, 0.29) is 11.9 Å². The average Bonchev–Trinajstić information content (AvgIpc) is 2.48. The van der Waals surface area contributed by atoms with Crippen LogP contribution in [0.3, 0.4) is 0 Å². The number of ether oxygens (including phenoxy) is 1. The van der Waals surface area contributed by atoms with E-state index in [4.69, 9.17) is 4.74 Å². The minimum atomic E-state index is -0.00687. The second kappa shape index (κ2) is 6.93. The van der Waals surface area contributed by atoms with E-state index in [9.17, 15) is 4.79 Å². The van der Waals surface area contributed by atoms with Crippen LogP contribution in [0, 0.1) is 6.92 Å². The number of hydrogen-bond donors (Lipinski definition) is 1. The number of rotatable bonds is 5. The zero-order valence-corrected chi connectivity index (χ0v) is 12.7. The van der Waals surface area contributed by atoms with Crippen molar-refractivity contribution in [2.75, 3.05) is 7.11 Å². The largest absolute Gasteiger partial charge is 0.496 e. The lowest BCUT2D eigenvalue weighted by Crippen LogP contribution is -2.28. The van der Waals surface area contributed by atoms with Gasteiger partial charge in [0.25, 0.3) is 0 Å². The van der Waals surface area contributed by atoms with Crippen molar-refractivity contribution in [1.29, 1.82) is 0 Å². The Bertz CT molecular complexity index is 605. The number of methoxy groups -OCH3 is 1. The molecular weight excluding hydrogens is 262 g/mol. The summed E-state index contributed by atoms with van der Waals surface area (Å²) in [6.45, 7) is 4.04. The molecule has 1 N–H and O–H groups in total. The van der Waals surface area contributed by atoms with Gasteiger partial charge >= 0.3 is 0 Å². The molecule has 1 amide bonds. The zero-order chi connectivity index (χ0) is 15.2. The van der Waals surface area contributed by atoms with Gasteiger partial charge < -0.3 is 10.1 Å². The molecule has 0 radical (unpaired) electrons. The molecule has 0 spiro atoms. The molecule has 0 aliphatic heterocycles. The molecule has 2 rings (SSSR count). The van der Waals surface area contributed by atoms with Gasteiger partial charge in [-0.25, -0.2) is 0 Å². The van der Waals surface area contributed by atoms with E-state index in [1.54, 1.807) is 7.11 Å². The van der Waals surface area contributed by atoms with Crippen LogP contribution >= 0.6 is 0 Å². The van der Waals surface area contributed by atoms with E-state index in [1.807, 2.05) is 43.3 Å². The molecule has 2 aromatic carbocycles. The molecule has 21 heavy (non-hydrogen) atoms. The van der Waals surface area contributed by atoms with Gasteiger partial charge in [0.05, 0.1) is 19.6 Å². The first-order valence-electron chi connectivity index (χ1n) is 7.08. The third-order valence-electron chi connectivity index (χ3n) is 3.50. The Morgan fingerprint density at radius 3 is 2.48 bits per heavy atom. The minimum absolute atomic E-state index is 0.00666. The molecule has 0 aliphatic carbocycles. The summed E-state index contributed by atoms with van der Waals surface area (Å²) >= 11 is 0. The van der Waals surface area contributed by atoms with Crippen LogP contribution < -0.4 is 10.1 Å². The molecule has 0 fully saturated rings. The SMILES string of the molecule is COc1ccccc1CC(=O)NC(C)c1ccc(C)cc1. The number of amides is 1. The number of nitrogens with one attached hydrogen (secondary N) is 1. The Kier molecular flexibility index (Phi) is 4.99. The van der Waals surface area contributed by atoms with Crippen molar-refractivity contribution < 1.29 is 9.53 Å². The Labute approximate surface area is 126 Å². The van der Waals surface area contributed by atoms with Crippen molar-refractivity contribution in [3.63, 3.8) is 0 Å². The maximum atomic E-state index is 12.2. The van der Waals surface area contributed by atoms with Crippen molar-refractivity contribution in [3.8, 4) is 5.75 Å². The van der Waals surface area contributed by atoms with Gasteiger partial charge in [-0.15, -0.1) is 0 Å². The second-order valence-corrected chi connectivity index (χ2v) is 5.19. The summed E-state index contributed by atoms with van der Waals surface area (Å²) < 4.78 is 5.27. The number of para-hydroxylation sites is 1. The van der Waals surface area contributed by atoms with E-state index in [0.717, 1.165) is 16.9 Å². The van der Waals surface area contributed by atoms with Gasteiger partial charge in [0, 0.05) is 5.56 Å². The van der Waals surface area contributed by atoms with Gasteiger partial charge in [0.2, 0.25) is 5.91 Å². The summed E-state index contributed by atoms with van der Waals surface area (Å²) in [4.78, 5) is 12.2. The van der Waals surface area contributed by atoms with E-state index in [2.05, 4.69) is 24.4 Å². The molecule has 2 aromatic rings. The van der Waals surface area contributed by atoms with Gasteiger partial charge in [-0.05, 0) is 25.5 Å². The molecule has 0 bridgehead atoms. The first-order chi connectivity index (χ1) is 10.1. The molecule has 1 unspecified atom stereocenters. The van der Waals surface area contributed by atoms with Crippen LogP contribution in [0.15, 0.2) is 48.5 Å². The van der Waals surface area contributed by atoms with Crippen molar-refractivity contribution in [1.82, 2.24) is 5.32 Å². The van der Waals surface area contributed by atoms with Crippen molar-refractivity contribution in [3.05, 3.63) is 65.2 Å². The third-order valence-corrected chi connectivity index (χ3v) is 3.50. The van der Waals surface area contributed by atoms with E-state index >= 15 is 0 Å². The minimum Gasteiger partial charge on any atom is -0.496 e. The standard InChI is InChI=1S/C18H21NO2/c1-13-8-10-15(11-9-13)14(2)19-18(20)12-16-6-4-5-7-17(16)21-3/h4-11,14H,12H2,1-3H3,(H,19,20). The van der Waals surface area contributed by atoms with Crippen molar-refractivity contribution in [2.45, 2.75) is 26.3 Å². The number of benzene rings is 2. The van der Waals surface area contributed by atoms with Crippen LogP contribution in [0.1, 0.15) is 29.7 Å². The lowest BCUT2D eigenvalue weighted by atomic mass is 10.1. The molecule has 0 aromatic heterocycles. The van der Waals surface area contributed by atoms with Crippen LogP contribution in [0.2, 0.25) is 0 Å². The quantitative estimate of drug-likeness (QED) is 0.913. The van der Waals surface area contributed by atoms with Crippen molar-refractivity contribution >= 4 is 5.91 Å². The normalized spacial score (nSPS) is 11.8. The Hall–Kier alpha value is -2.29. The molecule has 3 heteroatoms. The predicted octanol–water partition coefficient (Wildman–Crippen LogP) is 3.42. The fraction of sp³-hybridized carbons (Fsp3) is 0.278. The fourth-order valence-corrected chi connectivity index (χ4v) is 2.25. The molecule has 0 heterocycles. The highest BCUT2D eigenvalue weighted by Gasteiger charge is 2.12. The van der Waals surface area contributed by atoms with Crippen LogP contribution in [0.5, 0.6) is 5.75 Å². The number of aryl methyl sites for hydroxylation is 1. The van der Waals surface area contributed by atoms with Crippen LogP contribution in [-0.4, -0.2) is 13.0 Å². The Morgan fingerprint density at radius 1 is 1.14 bits per heavy atom. The molecule has 1 atom stereocenters. The summed E-state index contributed by atoms with van der Waals surface area (Å²) in [5.41, 5.74) is 3.22. The number of hydrogen-bond acceptors (Lipinski definition) is 2. The van der Waals surface area contributed by atoms with Gasteiger partial charge in [0.15, 0.2) is 0 Å². The Balaban J connectivity index is 1.99. The van der Waals surface area contributed by atoms with Gasteiger partial charge in [0.1, 0.15) is 5.75 Å². The summed E-state index contributed by atoms with van der Waals surface area (Å²) in [5, 5.41) is 3.02. The molecule has 3 nitrogen and oxygen atoms in total. The number of carbonyl (C=O) groups excluding carboxylic acids is 1. The second-order valence-electron chi connectivity index (χ2n) is 5.19. The van der Waals surface area contributed by atoms with Gasteiger partial charge in [-0.1, -0.05) is 48.0 Å². The van der Waals surface area contributed by atoms with Crippen LogP contribution in [-0.2, 0) is 11.2 Å². The molecular formula is C18H21NO2. The summed E-state index contributed by atoms with van der Waals surface area (Å²) in [5.74, 6) is 0.739. The predicted molar refractivity (Wildman–Crippen MR) is 84.4 cm³/mol. The molecule has 0 saturated carbocycles. The third kappa shape index (κ3) is 4.09. The van der Waals surface area contributed by atoms with Gasteiger partial charge in [-0.3, -0.25) is 4.79 Å². The van der Waals surface area contributed by atoms with Crippen LogP contribution in [0.4, 0.5) is 0 Å². The average molecular weight is 283 g/mol. The summed E-state index contributed by atoms with van der Waals surface area (Å²) in [6, 6.07) is 15.8. The van der Waals surface area contributed by atoms with E-state index in [1.165, 1.54) is 5.56 Å².